The lowest BCUT2D eigenvalue weighted by molar-refractivity contribution is 0.248. The van der Waals surface area contributed by atoms with Crippen molar-refractivity contribution in [3.63, 3.8) is 0 Å². The lowest BCUT2D eigenvalue weighted by Crippen LogP contribution is -2.54. The Morgan fingerprint density at radius 3 is 2.31 bits per heavy atom. The van der Waals surface area contributed by atoms with Crippen LogP contribution in [-0.4, -0.2) is 12.6 Å². The van der Waals surface area contributed by atoms with E-state index in [1.807, 2.05) is 0 Å². The maximum absolute atomic E-state index is 3.48. The molecule has 1 aromatic carbocycles. The number of hydrogen-bond donors (Lipinski definition) is 1. The fourth-order valence-corrected chi connectivity index (χ4v) is 1.97. The van der Waals surface area contributed by atoms with E-state index in [0.29, 0.717) is 6.04 Å². The maximum atomic E-state index is 3.48. The van der Waals surface area contributed by atoms with E-state index in [-0.39, 0.29) is 5.41 Å². The van der Waals surface area contributed by atoms with Crippen molar-refractivity contribution in [3.05, 3.63) is 35.9 Å². The fraction of sp³-hybridized carbons (Fsp3) is 0.500. The summed E-state index contributed by atoms with van der Waals surface area (Å²) in [6.45, 7) is 5.82. The summed E-state index contributed by atoms with van der Waals surface area (Å²) in [5.41, 5.74) is 1.71. The van der Waals surface area contributed by atoms with Crippen LogP contribution in [0.1, 0.15) is 25.8 Å². The Kier molecular flexibility index (Phi) is 2.12. The average molecular weight is 175 g/mol. The highest BCUT2D eigenvalue weighted by Crippen LogP contribution is 2.31. The van der Waals surface area contributed by atoms with Crippen molar-refractivity contribution in [1.29, 1.82) is 0 Å². The van der Waals surface area contributed by atoms with E-state index in [2.05, 4.69) is 49.5 Å². The molecule has 1 heterocycles. The molecule has 0 aliphatic carbocycles. The summed E-state index contributed by atoms with van der Waals surface area (Å²) in [5.74, 6) is 0. The Morgan fingerprint density at radius 1 is 1.23 bits per heavy atom. The molecule has 1 aromatic rings. The number of rotatable bonds is 2. The highest BCUT2D eigenvalue weighted by atomic mass is 15.0. The van der Waals surface area contributed by atoms with E-state index < -0.39 is 0 Å². The molecule has 1 nitrogen and oxygen atoms in total. The average Bonchev–Trinajstić information content (AvgIpc) is 2.02. The van der Waals surface area contributed by atoms with Crippen LogP contribution in [0.4, 0.5) is 0 Å². The molecule has 0 spiro atoms. The van der Waals surface area contributed by atoms with Crippen LogP contribution >= 0.6 is 0 Å². The van der Waals surface area contributed by atoms with Crippen molar-refractivity contribution in [2.24, 2.45) is 0 Å². The third kappa shape index (κ3) is 1.49. The Labute approximate surface area is 80.2 Å². The molecular formula is C12H17N. The first-order chi connectivity index (χ1) is 6.21. The summed E-state index contributed by atoms with van der Waals surface area (Å²) in [5, 5.41) is 3.48. The zero-order chi connectivity index (χ0) is 9.31. The lowest BCUT2D eigenvalue weighted by Gasteiger charge is -2.41. The largest absolute Gasteiger partial charge is 0.313 e. The molecule has 1 aliphatic heterocycles. The highest BCUT2D eigenvalue weighted by molar-refractivity contribution is 5.26. The minimum atomic E-state index is 0.277. The second-order valence-corrected chi connectivity index (χ2v) is 4.38. The van der Waals surface area contributed by atoms with Crippen LogP contribution in [0.3, 0.4) is 0 Å². The van der Waals surface area contributed by atoms with Crippen LogP contribution in [0.25, 0.3) is 0 Å². The van der Waals surface area contributed by atoms with Gasteiger partial charge >= 0.3 is 0 Å². The lowest BCUT2D eigenvalue weighted by atomic mass is 9.74. The Balaban J connectivity index is 2.23. The van der Waals surface area contributed by atoms with E-state index in [9.17, 15) is 0 Å². The number of hydrogen-bond acceptors (Lipinski definition) is 1. The molecule has 0 radical (unpaired) electrons. The first-order valence-corrected chi connectivity index (χ1v) is 5.00. The zero-order valence-electron chi connectivity index (χ0n) is 8.38. The SMILES string of the molecule is CC(C)(c1ccccc1)C1CCN1. The summed E-state index contributed by atoms with van der Waals surface area (Å²) in [4.78, 5) is 0. The van der Waals surface area contributed by atoms with Gasteiger partial charge in [0.1, 0.15) is 0 Å². The van der Waals surface area contributed by atoms with Crippen molar-refractivity contribution >= 4 is 0 Å². The van der Waals surface area contributed by atoms with Gasteiger partial charge in [0.25, 0.3) is 0 Å². The van der Waals surface area contributed by atoms with Crippen molar-refractivity contribution in [1.82, 2.24) is 5.32 Å². The van der Waals surface area contributed by atoms with Gasteiger partial charge in [-0.1, -0.05) is 44.2 Å². The first kappa shape index (κ1) is 8.76. The van der Waals surface area contributed by atoms with Crippen molar-refractivity contribution in [3.8, 4) is 0 Å². The third-order valence-electron chi connectivity index (χ3n) is 3.21. The van der Waals surface area contributed by atoms with E-state index >= 15 is 0 Å². The van der Waals surface area contributed by atoms with E-state index in [1.165, 1.54) is 18.5 Å². The van der Waals surface area contributed by atoms with E-state index in [1.54, 1.807) is 0 Å². The molecular weight excluding hydrogens is 158 g/mol. The third-order valence-corrected chi connectivity index (χ3v) is 3.21. The summed E-state index contributed by atoms with van der Waals surface area (Å²) in [6, 6.07) is 11.4. The molecule has 1 unspecified atom stereocenters. The van der Waals surface area contributed by atoms with Crippen molar-refractivity contribution in [2.45, 2.75) is 31.7 Å². The van der Waals surface area contributed by atoms with Crippen LogP contribution in [0, 0.1) is 0 Å². The Hall–Kier alpha value is -0.820. The summed E-state index contributed by atoms with van der Waals surface area (Å²) in [7, 11) is 0. The molecule has 2 rings (SSSR count). The van der Waals surface area contributed by atoms with Crippen molar-refractivity contribution < 1.29 is 0 Å². The van der Waals surface area contributed by atoms with Gasteiger partial charge < -0.3 is 5.32 Å². The molecule has 1 fully saturated rings. The Morgan fingerprint density at radius 2 is 1.85 bits per heavy atom. The van der Waals surface area contributed by atoms with Crippen LogP contribution < -0.4 is 5.32 Å². The Bertz CT molecular complexity index is 272. The molecule has 1 saturated heterocycles. The van der Waals surface area contributed by atoms with Crippen LogP contribution in [0.5, 0.6) is 0 Å². The minimum Gasteiger partial charge on any atom is -0.313 e. The van der Waals surface area contributed by atoms with Gasteiger partial charge in [0, 0.05) is 11.5 Å². The van der Waals surface area contributed by atoms with Gasteiger partial charge in [0.15, 0.2) is 0 Å². The van der Waals surface area contributed by atoms with Crippen LogP contribution in [0.2, 0.25) is 0 Å². The quantitative estimate of drug-likeness (QED) is 0.727. The van der Waals surface area contributed by atoms with E-state index in [0.717, 1.165) is 0 Å². The smallest absolute Gasteiger partial charge is 0.0171 e. The van der Waals surface area contributed by atoms with Crippen molar-refractivity contribution in [2.75, 3.05) is 6.54 Å². The van der Waals surface area contributed by atoms with Gasteiger partial charge in [0.05, 0.1) is 0 Å². The van der Waals surface area contributed by atoms with E-state index in [4.69, 9.17) is 0 Å². The molecule has 1 heteroatoms. The zero-order valence-corrected chi connectivity index (χ0v) is 8.38. The normalized spacial score (nSPS) is 22.5. The monoisotopic (exact) mass is 175 g/mol. The summed E-state index contributed by atoms with van der Waals surface area (Å²) >= 11 is 0. The number of nitrogens with one attached hydrogen (secondary N) is 1. The standard InChI is InChI=1S/C12H17N/c1-12(2,11-8-9-13-11)10-6-4-3-5-7-10/h3-7,11,13H,8-9H2,1-2H3. The van der Waals surface area contributed by atoms with Crippen LogP contribution in [-0.2, 0) is 5.41 Å². The second-order valence-electron chi connectivity index (χ2n) is 4.38. The van der Waals surface area contributed by atoms with Gasteiger partial charge in [-0.2, -0.15) is 0 Å². The van der Waals surface area contributed by atoms with Crippen LogP contribution in [0.15, 0.2) is 30.3 Å². The van der Waals surface area contributed by atoms with Gasteiger partial charge in [-0.05, 0) is 18.5 Å². The molecule has 1 N–H and O–H groups in total. The molecule has 0 saturated carbocycles. The topological polar surface area (TPSA) is 12.0 Å². The molecule has 1 atom stereocenters. The predicted octanol–water partition coefficient (Wildman–Crippen LogP) is 2.33. The predicted molar refractivity (Wildman–Crippen MR) is 55.9 cm³/mol. The fourth-order valence-electron chi connectivity index (χ4n) is 1.97. The first-order valence-electron chi connectivity index (χ1n) is 5.00. The molecule has 0 bridgehead atoms. The molecule has 70 valence electrons. The minimum absolute atomic E-state index is 0.277. The highest BCUT2D eigenvalue weighted by Gasteiger charge is 2.34. The number of benzene rings is 1. The molecule has 13 heavy (non-hydrogen) atoms. The summed E-state index contributed by atoms with van der Waals surface area (Å²) in [6.07, 6.45) is 1.31. The maximum Gasteiger partial charge on any atom is 0.0171 e. The van der Waals surface area contributed by atoms with Gasteiger partial charge in [-0.15, -0.1) is 0 Å². The summed E-state index contributed by atoms with van der Waals surface area (Å²) < 4.78 is 0. The second kappa shape index (κ2) is 3.15. The molecule has 1 aliphatic rings. The molecule has 0 amide bonds. The van der Waals surface area contributed by atoms with Gasteiger partial charge in [-0.25, -0.2) is 0 Å². The van der Waals surface area contributed by atoms with Gasteiger partial charge in [0.2, 0.25) is 0 Å². The molecule has 0 aromatic heterocycles. The van der Waals surface area contributed by atoms with Gasteiger partial charge in [-0.3, -0.25) is 0 Å².